The van der Waals surface area contributed by atoms with Crippen molar-refractivity contribution in [1.82, 2.24) is 0 Å². The molecule has 5 heteroatoms. The third kappa shape index (κ3) is 3.42. The molecule has 3 nitrogen and oxygen atoms in total. The van der Waals surface area contributed by atoms with Gasteiger partial charge in [0.15, 0.2) is 0 Å². The van der Waals surface area contributed by atoms with E-state index in [2.05, 4.69) is 15.9 Å². The van der Waals surface area contributed by atoms with Crippen molar-refractivity contribution in [2.75, 3.05) is 13.2 Å². The molecule has 1 fully saturated rings. The van der Waals surface area contributed by atoms with E-state index in [-0.39, 0.29) is 13.2 Å². The van der Waals surface area contributed by atoms with Gasteiger partial charge in [-0.15, -0.1) is 0 Å². The molecular weight excluding hydrogens is 319 g/mol. The van der Waals surface area contributed by atoms with Crippen LogP contribution in [0.2, 0.25) is 0 Å². The van der Waals surface area contributed by atoms with Gasteiger partial charge in [-0.05, 0) is 23.7 Å². The van der Waals surface area contributed by atoms with E-state index >= 15 is 0 Å². The van der Waals surface area contributed by atoms with Crippen molar-refractivity contribution < 1.29 is 14.0 Å². The topological polar surface area (TPSA) is 27.7 Å². The lowest BCUT2D eigenvalue weighted by atomic mass is 9.79. The van der Waals surface area contributed by atoms with Gasteiger partial charge >= 0.3 is 7.12 Å². The second-order valence-corrected chi connectivity index (χ2v) is 5.52. The highest BCUT2D eigenvalue weighted by molar-refractivity contribution is 9.10. The summed E-state index contributed by atoms with van der Waals surface area (Å²) in [6.07, 6.45) is -0.0424. The van der Waals surface area contributed by atoms with Gasteiger partial charge in [0.05, 0.1) is 12.7 Å². The summed E-state index contributed by atoms with van der Waals surface area (Å²) in [7, 11) is -0.285. The molecule has 1 atom stereocenters. The molecule has 0 N–H and O–H groups in total. The van der Waals surface area contributed by atoms with Gasteiger partial charge < -0.3 is 14.0 Å². The lowest BCUT2D eigenvalue weighted by molar-refractivity contribution is 0.148. The normalized spacial score (nSPS) is 18.2. The number of hydrogen-bond acceptors (Lipinski definition) is 3. The average Bonchev–Trinajstić information content (AvgIpc) is 2.95. The minimum atomic E-state index is -0.285. The summed E-state index contributed by atoms with van der Waals surface area (Å²) in [6.45, 7) is 1.04. The van der Waals surface area contributed by atoms with Crippen molar-refractivity contribution >= 4 is 28.5 Å². The van der Waals surface area contributed by atoms with Crippen LogP contribution in [0.4, 0.5) is 0 Å². The SMILES string of the molecule is Brc1cccc(OCC2COB(c3ccccc3)O2)c1. The monoisotopic (exact) mass is 332 g/mol. The van der Waals surface area contributed by atoms with Crippen LogP contribution in [-0.2, 0) is 9.31 Å². The van der Waals surface area contributed by atoms with E-state index in [1.54, 1.807) is 0 Å². The molecule has 0 aromatic heterocycles. The van der Waals surface area contributed by atoms with E-state index in [0.717, 1.165) is 15.7 Å². The Morgan fingerprint density at radius 2 is 2.00 bits per heavy atom. The summed E-state index contributed by atoms with van der Waals surface area (Å²) < 4.78 is 18.2. The van der Waals surface area contributed by atoms with Gasteiger partial charge in [0.1, 0.15) is 12.4 Å². The third-order valence-corrected chi connectivity index (χ3v) is 3.55. The Kier molecular flexibility index (Phi) is 4.40. The van der Waals surface area contributed by atoms with Crippen molar-refractivity contribution in [2.45, 2.75) is 6.10 Å². The molecule has 0 spiro atoms. The minimum Gasteiger partial charge on any atom is -0.491 e. The van der Waals surface area contributed by atoms with E-state index < -0.39 is 0 Å². The third-order valence-electron chi connectivity index (χ3n) is 3.05. The number of rotatable bonds is 4. The van der Waals surface area contributed by atoms with E-state index in [0.29, 0.717) is 13.2 Å². The maximum atomic E-state index is 5.84. The largest absolute Gasteiger partial charge is 0.494 e. The van der Waals surface area contributed by atoms with Crippen molar-refractivity contribution in [2.24, 2.45) is 0 Å². The van der Waals surface area contributed by atoms with Gasteiger partial charge in [-0.1, -0.05) is 52.3 Å². The van der Waals surface area contributed by atoms with E-state index in [1.165, 1.54) is 0 Å². The van der Waals surface area contributed by atoms with Crippen molar-refractivity contribution in [3.05, 3.63) is 59.1 Å². The summed E-state index contributed by atoms with van der Waals surface area (Å²) in [4.78, 5) is 0. The Hall–Kier alpha value is -1.30. The first-order valence-corrected chi connectivity index (χ1v) is 7.31. The first-order valence-electron chi connectivity index (χ1n) is 6.51. The van der Waals surface area contributed by atoms with Gasteiger partial charge in [0, 0.05) is 4.47 Å². The van der Waals surface area contributed by atoms with E-state index in [9.17, 15) is 0 Å². The summed E-state index contributed by atoms with van der Waals surface area (Å²) in [5.41, 5.74) is 1.04. The average molecular weight is 333 g/mol. The molecule has 3 rings (SSSR count). The number of halogens is 1. The Labute approximate surface area is 127 Å². The van der Waals surface area contributed by atoms with Crippen molar-refractivity contribution in [3.63, 3.8) is 0 Å². The zero-order valence-corrected chi connectivity index (χ0v) is 12.5. The van der Waals surface area contributed by atoms with E-state index in [1.807, 2.05) is 54.6 Å². The van der Waals surface area contributed by atoms with Crippen LogP contribution in [0.5, 0.6) is 5.75 Å². The fourth-order valence-corrected chi connectivity index (χ4v) is 2.44. The van der Waals surface area contributed by atoms with Crippen LogP contribution in [0.1, 0.15) is 0 Å². The van der Waals surface area contributed by atoms with Gasteiger partial charge in [-0.3, -0.25) is 0 Å². The predicted octanol–water partition coefficient (Wildman–Crippen LogP) is 2.64. The first-order chi connectivity index (χ1) is 9.81. The van der Waals surface area contributed by atoms with Gasteiger partial charge in [-0.2, -0.15) is 0 Å². The fourth-order valence-electron chi connectivity index (χ4n) is 2.07. The van der Waals surface area contributed by atoms with Crippen LogP contribution in [0, 0.1) is 0 Å². The van der Waals surface area contributed by atoms with E-state index in [4.69, 9.17) is 14.0 Å². The Balaban J connectivity index is 1.53. The zero-order valence-electron chi connectivity index (χ0n) is 10.9. The number of ether oxygens (including phenoxy) is 1. The highest BCUT2D eigenvalue weighted by Crippen LogP contribution is 2.19. The molecule has 1 saturated heterocycles. The standard InChI is InChI=1S/C15H14BBrO3/c17-13-7-4-8-14(9-13)18-10-15-11-19-16(20-15)12-5-2-1-3-6-12/h1-9,15H,10-11H2. The van der Waals surface area contributed by atoms with Crippen LogP contribution >= 0.6 is 15.9 Å². The second kappa shape index (κ2) is 6.44. The summed E-state index contributed by atoms with van der Waals surface area (Å²) in [5.74, 6) is 0.825. The lowest BCUT2D eigenvalue weighted by Crippen LogP contribution is -2.33. The summed E-state index contributed by atoms with van der Waals surface area (Å²) in [5, 5.41) is 0. The smallest absolute Gasteiger partial charge is 0.491 e. The maximum absolute atomic E-state index is 5.84. The Morgan fingerprint density at radius 3 is 2.80 bits per heavy atom. The highest BCUT2D eigenvalue weighted by Gasteiger charge is 2.33. The molecule has 2 aromatic carbocycles. The molecule has 0 radical (unpaired) electrons. The second-order valence-electron chi connectivity index (χ2n) is 4.60. The van der Waals surface area contributed by atoms with Crippen LogP contribution in [0.3, 0.4) is 0 Å². The zero-order chi connectivity index (χ0) is 13.8. The molecule has 1 unspecified atom stereocenters. The first kappa shape index (κ1) is 13.7. The maximum Gasteiger partial charge on any atom is 0.494 e. The molecule has 0 aliphatic carbocycles. The molecule has 1 aliphatic heterocycles. The van der Waals surface area contributed by atoms with Crippen molar-refractivity contribution in [1.29, 1.82) is 0 Å². The number of hydrogen-bond donors (Lipinski definition) is 0. The van der Waals surface area contributed by atoms with Gasteiger partial charge in [-0.25, -0.2) is 0 Å². The van der Waals surface area contributed by atoms with Gasteiger partial charge in [0.2, 0.25) is 0 Å². The van der Waals surface area contributed by atoms with Crippen molar-refractivity contribution in [3.8, 4) is 5.75 Å². The quantitative estimate of drug-likeness (QED) is 0.806. The van der Waals surface area contributed by atoms with Crippen LogP contribution < -0.4 is 10.2 Å². The summed E-state index contributed by atoms with van der Waals surface area (Å²) in [6, 6.07) is 17.7. The number of benzene rings is 2. The highest BCUT2D eigenvalue weighted by atomic mass is 79.9. The van der Waals surface area contributed by atoms with Crippen LogP contribution in [0.15, 0.2) is 59.1 Å². The lowest BCUT2D eigenvalue weighted by Gasteiger charge is -2.11. The Bertz CT molecular complexity index is 564. The molecule has 0 bridgehead atoms. The van der Waals surface area contributed by atoms with Crippen LogP contribution in [-0.4, -0.2) is 26.4 Å². The predicted molar refractivity (Wildman–Crippen MR) is 82.3 cm³/mol. The molecule has 0 saturated carbocycles. The van der Waals surface area contributed by atoms with Gasteiger partial charge in [0.25, 0.3) is 0 Å². The van der Waals surface area contributed by atoms with Crippen LogP contribution in [0.25, 0.3) is 0 Å². The molecule has 0 amide bonds. The molecule has 1 aliphatic rings. The summed E-state index contributed by atoms with van der Waals surface area (Å²) >= 11 is 3.42. The minimum absolute atomic E-state index is 0.0424. The Morgan fingerprint density at radius 1 is 1.15 bits per heavy atom. The molecule has 102 valence electrons. The molecular formula is C15H14BBrO3. The fraction of sp³-hybridized carbons (Fsp3) is 0.200. The molecule has 1 heterocycles. The molecule has 2 aromatic rings. The molecule has 20 heavy (non-hydrogen) atoms.